The maximum atomic E-state index is 15.1. The molecule has 63 heavy (non-hydrogen) atoms. The number of halogens is 3. The zero-order valence-electron chi connectivity index (χ0n) is 34.0. The van der Waals surface area contributed by atoms with E-state index in [2.05, 4.69) is 100 Å². The van der Waals surface area contributed by atoms with Crippen molar-refractivity contribution in [1.29, 1.82) is 5.26 Å². The molecule has 0 fully saturated rings. The van der Waals surface area contributed by atoms with Gasteiger partial charge in [-0.2, -0.15) is 18.4 Å². The Morgan fingerprint density at radius 3 is 1.59 bits per heavy atom. The van der Waals surface area contributed by atoms with Crippen molar-refractivity contribution in [2.75, 3.05) is 0 Å². The van der Waals surface area contributed by atoms with Crippen LogP contribution in [0.2, 0.25) is 0 Å². The van der Waals surface area contributed by atoms with Crippen LogP contribution in [0.5, 0.6) is 0 Å². The highest BCUT2D eigenvalue weighted by atomic mass is 19.4. The molecule has 0 radical (unpaired) electrons. The monoisotopic (exact) mass is 819 g/mol. The molecule has 9 aromatic carbocycles. The van der Waals surface area contributed by atoms with Crippen molar-refractivity contribution in [3.8, 4) is 62.0 Å². The lowest BCUT2D eigenvalue weighted by Gasteiger charge is -2.22. The van der Waals surface area contributed by atoms with E-state index in [4.69, 9.17) is 0 Å². The molecule has 6 heteroatoms. The van der Waals surface area contributed by atoms with Gasteiger partial charge in [0, 0.05) is 32.8 Å². The summed E-state index contributed by atoms with van der Waals surface area (Å²) in [4.78, 5) is 0. The zero-order valence-corrected chi connectivity index (χ0v) is 34.0. The highest BCUT2D eigenvalue weighted by Crippen LogP contribution is 2.47. The van der Waals surface area contributed by atoms with Gasteiger partial charge < -0.3 is 9.13 Å². The second kappa shape index (κ2) is 14.8. The average Bonchev–Trinajstić information content (AvgIpc) is 3.83. The third-order valence-electron chi connectivity index (χ3n) is 12.3. The van der Waals surface area contributed by atoms with Crippen molar-refractivity contribution in [2.24, 2.45) is 0 Å². The number of benzene rings is 9. The van der Waals surface area contributed by atoms with Crippen LogP contribution in [0, 0.1) is 18.3 Å². The molecule has 0 unspecified atom stereocenters. The molecule has 0 atom stereocenters. The van der Waals surface area contributed by atoms with E-state index in [0.29, 0.717) is 27.8 Å². The zero-order chi connectivity index (χ0) is 42.8. The lowest BCUT2D eigenvalue weighted by molar-refractivity contribution is -0.137. The minimum Gasteiger partial charge on any atom is -0.309 e. The molecule has 0 N–H and O–H groups in total. The topological polar surface area (TPSA) is 33.6 Å². The summed E-state index contributed by atoms with van der Waals surface area (Å²) in [5.41, 5.74) is 11.5. The normalized spacial score (nSPS) is 11.8. The van der Waals surface area contributed by atoms with Crippen molar-refractivity contribution < 1.29 is 13.2 Å². The van der Waals surface area contributed by atoms with E-state index in [1.165, 1.54) is 6.07 Å². The van der Waals surface area contributed by atoms with E-state index in [0.717, 1.165) is 83.3 Å². The number of nitrogens with zero attached hydrogens (tertiary/aromatic N) is 3. The van der Waals surface area contributed by atoms with Crippen LogP contribution in [-0.2, 0) is 6.18 Å². The second-order valence-electron chi connectivity index (χ2n) is 16.0. The Morgan fingerprint density at radius 2 is 0.984 bits per heavy atom. The highest BCUT2D eigenvalue weighted by Gasteiger charge is 2.35. The van der Waals surface area contributed by atoms with Gasteiger partial charge in [-0.3, -0.25) is 0 Å². The largest absolute Gasteiger partial charge is 0.417 e. The van der Waals surface area contributed by atoms with E-state index in [1.807, 2.05) is 91.0 Å². The lowest BCUT2D eigenvalue weighted by atomic mass is 9.87. The van der Waals surface area contributed by atoms with Crippen molar-refractivity contribution >= 4 is 43.6 Å². The summed E-state index contributed by atoms with van der Waals surface area (Å²) < 4.78 is 49.8. The minimum absolute atomic E-state index is 0.101. The van der Waals surface area contributed by atoms with E-state index in [9.17, 15) is 5.26 Å². The Hall–Kier alpha value is -8.14. The summed E-state index contributed by atoms with van der Waals surface area (Å²) >= 11 is 0. The SMILES string of the molecule is Cc1cccc(C(F)(F)F)c1-c1ccc(-n2c3ccccc3c3cc(-c4ccccc4)ccc32)cc1-c1cc(C#N)ccc1-n1c2ccccc2c2cc(-c3ccccc3)ccc21. The van der Waals surface area contributed by atoms with Gasteiger partial charge >= 0.3 is 6.18 Å². The van der Waals surface area contributed by atoms with Gasteiger partial charge in [0.15, 0.2) is 0 Å². The van der Waals surface area contributed by atoms with Crippen molar-refractivity contribution in [1.82, 2.24) is 9.13 Å². The molecular formula is C57H36F3N3. The molecule has 2 aromatic heterocycles. The summed E-state index contributed by atoms with van der Waals surface area (Å²) in [6, 6.07) is 67.7. The molecule has 0 aliphatic heterocycles. The number of nitriles is 1. The molecular weight excluding hydrogens is 784 g/mol. The van der Waals surface area contributed by atoms with Crippen LogP contribution in [0.25, 0.3) is 99.5 Å². The van der Waals surface area contributed by atoms with Gasteiger partial charge in [-0.1, -0.05) is 127 Å². The van der Waals surface area contributed by atoms with Gasteiger partial charge in [-0.05, 0) is 124 Å². The summed E-state index contributed by atoms with van der Waals surface area (Å²) in [5, 5.41) is 14.6. The van der Waals surface area contributed by atoms with Crippen molar-refractivity contribution in [3.05, 3.63) is 217 Å². The van der Waals surface area contributed by atoms with Gasteiger partial charge in [0.05, 0.1) is 45.0 Å². The molecule has 0 spiro atoms. The molecule has 0 amide bonds. The van der Waals surface area contributed by atoms with Gasteiger partial charge in [0.1, 0.15) is 0 Å². The molecule has 0 aliphatic rings. The molecule has 0 aliphatic carbocycles. The van der Waals surface area contributed by atoms with Crippen LogP contribution in [0.15, 0.2) is 200 Å². The van der Waals surface area contributed by atoms with Crippen LogP contribution >= 0.6 is 0 Å². The van der Waals surface area contributed by atoms with Crippen LogP contribution in [-0.4, -0.2) is 9.13 Å². The standard InChI is InChI=1S/C57H36F3N3/c1-36-13-12-20-50(57(58,59)60)56(36)45-27-26-42(62-51-21-10-8-18-43(51)48-32-40(24-29-53(48)62)38-14-4-2-5-15-38)34-46(45)47-31-37(35-61)23-28-54(47)63-52-22-11-9-19-44(52)49-33-41(25-30-55(49)63)39-16-6-3-7-17-39/h2-34H,1H3. The fourth-order valence-electron chi connectivity index (χ4n) is 9.49. The first kappa shape index (κ1) is 37.8. The van der Waals surface area contributed by atoms with Crippen LogP contribution in [0.1, 0.15) is 16.7 Å². The number of hydrogen-bond acceptors (Lipinski definition) is 1. The fourth-order valence-corrected chi connectivity index (χ4v) is 9.49. The number of aryl methyl sites for hydroxylation is 1. The van der Waals surface area contributed by atoms with E-state index in [1.54, 1.807) is 19.1 Å². The number of alkyl halides is 3. The van der Waals surface area contributed by atoms with Crippen LogP contribution < -0.4 is 0 Å². The van der Waals surface area contributed by atoms with Gasteiger partial charge in [-0.25, -0.2) is 0 Å². The molecule has 0 bridgehead atoms. The molecule has 11 rings (SSSR count). The maximum Gasteiger partial charge on any atom is 0.417 e. The van der Waals surface area contributed by atoms with Crippen molar-refractivity contribution in [3.63, 3.8) is 0 Å². The molecule has 3 nitrogen and oxygen atoms in total. The van der Waals surface area contributed by atoms with Gasteiger partial charge in [0.2, 0.25) is 0 Å². The Morgan fingerprint density at radius 1 is 0.429 bits per heavy atom. The van der Waals surface area contributed by atoms with Crippen LogP contribution in [0.3, 0.4) is 0 Å². The summed E-state index contributed by atoms with van der Waals surface area (Å²) in [6.07, 6.45) is -4.62. The number of para-hydroxylation sites is 2. The van der Waals surface area contributed by atoms with E-state index >= 15 is 13.2 Å². The molecule has 11 aromatic rings. The number of aromatic nitrogens is 2. The Balaban J connectivity index is 1.22. The van der Waals surface area contributed by atoms with Crippen LogP contribution in [0.4, 0.5) is 13.2 Å². The third-order valence-corrected chi connectivity index (χ3v) is 12.3. The summed E-state index contributed by atoms with van der Waals surface area (Å²) in [7, 11) is 0. The van der Waals surface area contributed by atoms with E-state index < -0.39 is 11.7 Å². The average molecular weight is 820 g/mol. The summed E-state index contributed by atoms with van der Waals surface area (Å²) in [5.74, 6) is 0. The molecule has 300 valence electrons. The quantitative estimate of drug-likeness (QED) is 0.165. The van der Waals surface area contributed by atoms with Gasteiger partial charge in [-0.15, -0.1) is 0 Å². The fraction of sp³-hybridized carbons (Fsp3) is 0.0351. The number of rotatable bonds is 6. The van der Waals surface area contributed by atoms with Gasteiger partial charge in [0.25, 0.3) is 0 Å². The third kappa shape index (κ3) is 6.28. The lowest BCUT2D eigenvalue weighted by Crippen LogP contribution is -2.09. The molecule has 0 saturated heterocycles. The summed E-state index contributed by atoms with van der Waals surface area (Å²) in [6.45, 7) is 1.73. The first-order chi connectivity index (χ1) is 30.8. The number of hydrogen-bond donors (Lipinski definition) is 0. The predicted octanol–water partition coefficient (Wildman–Crippen LogP) is 15.7. The Kier molecular flexibility index (Phi) is 8.88. The predicted molar refractivity (Wildman–Crippen MR) is 251 cm³/mol. The first-order valence-electron chi connectivity index (χ1n) is 20.8. The minimum atomic E-state index is -4.62. The second-order valence-corrected chi connectivity index (χ2v) is 16.0. The first-order valence-corrected chi connectivity index (χ1v) is 20.8. The Bertz CT molecular complexity index is 3630. The van der Waals surface area contributed by atoms with Crippen molar-refractivity contribution in [2.45, 2.75) is 13.1 Å². The highest BCUT2D eigenvalue weighted by molar-refractivity contribution is 6.12. The Labute approximate surface area is 361 Å². The maximum absolute atomic E-state index is 15.1. The smallest absolute Gasteiger partial charge is 0.309 e. The van der Waals surface area contributed by atoms with E-state index in [-0.39, 0.29) is 5.56 Å². The number of fused-ring (bicyclic) bond motifs is 6. The molecule has 0 saturated carbocycles. The molecule has 2 heterocycles.